The molecule has 2 aromatic carbocycles. The molecular formula is C20H21Na2O8P. The van der Waals surface area contributed by atoms with Crippen LogP contribution < -0.4 is 92.4 Å². The van der Waals surface area contributed by atoms with Gasteiger partial charge in [0.25, 0.3) is 0 Å². The molecular weight excluding hydrogens is 445 g/mol. The van der Waals surface area contributed by atoms with Crippen LogP contribution >= 0.6 is 7.82 Å². The zero-order valence-electron chi connectivity index (χ0n) is 18.5. The van der Waals surface area contributed by atoms with Crippen LogP contribution in [-0.4, -0.2) is 28.4 Å². The molecule has 8 nitrogen and oxygen atoms in total. The molecule has 0 aliphatic heterocycles. The quantitative estimate of drug-likeness (QED) is 0.303. The molecule has 0 spiro atoms. The van der Waals surface area contributed by atoms with Gasteiger partial charge < -0.3 is 37.8 Å². The molecule has 11 heteroatoms. The molecule has 2 aromatic rings. The fourth-order valence-electron chi connectivity index (χ4n) is 3.46. The van der Waals surface area contributed by atoms with Crippen molar-refractivity contribution < 1.29 is 96.9 Å². The van der Waals surface area contributed by atoms with Crippen LogP contribution in [0.1, 0.15) is 23.1 Å². The molecule has 0 saturated carbocycles. The van der Waals surface area contributed by atoms with E-state index < -0.39 is 7.82 Å². The van der Waals surface area contributed by atoms with E-state index in [2.05, 4.69) is 0 Å². The van der Waals surface area contributed by atoms with Gasteiger partial charge in [-0.05, 0) is 47.7 Å². The summed E-state index contributed by atoms with van der Waals surface area (Å²) in [5.41, 5.74) is 2.92. The van der Waals surface area contributed by atoms with Gasteiger partial charge in [-0.3, -0.25) is 0 Å². The standard InChI is InChI=1S/C20H23O8P.2Na/c1-24-16-9-8-14-13(6-5-7-15(14)19(16)28-29(21,22)23)12-10-17(25-2)20(27-4)18(11-12)26-3;;/h6,8-11H,5,7H2,1-4H3,(H2,21,22,23);;/q;2*+1/p-2. The summed E-state index contributed by atoms with van der Waals surface area (Å²) in [5, 5.41) is 0. The first-order valence-corrected chi connectivity index (χ1v) is 10.2. The van der Waals surface area contributed by atoms with Gasteiger partial charge in [0.1, 0.15) is 7.82 Å². The maximum atomic E-state index is 11.3. The number of phosphoric acid groups is 1. The van der Waals surface area contributed by atoms with Crippen LogP contribution in [-0.2, 0) is 11.0 Å². The molecule has 0 radical (unpaired) electrons. The molecule has 0 unspecified atom stereocenters. The van der Waals surface area contributed by atoms with Gasteiger partial charge in [0.15, 0.2) is 23.0 Å². The van der Waals surface area contributed by atoms with Crippen molar-refractivity contribution in [2.75, 3.05) is 28.4 Å². The average Bonchev–Trinajstić information content (AvgIpc) is 2.71. The molecule has 31 heavy (non-hydrogen) atoms. The summed E-state index contributed by atoms with van der Waals surface area (Å²) in [5.74, 6) is 1.55. The Hall–Kier alpha value is -0.670. The third kappa shape index (κ3) is 6.22. The van der Waals surface area contributed by atoms with E-state index in [0.29, 0.717) is 35.7 Å². The second-order valence-electron chi connectivity index (χ2n) is 6.23. The minimum Gasteiger partial charge on any atom is -0.780 e. The number of benzene rings is 2. The Kier molecular flexibility index (Phi) is 11.0. The molecule has 3 rings (SSSR count). The number of rotatable bonds is 7. The summed E-state index contributed by atoms with van der Waals surface area (Å²) >= 11 is 0. The van der Waals surface area contributed by atoms with Crippen LogP contribution in [0.5, 0.6) is 28.7 Å². The van der Waals surface area contributed by atoms with E-state index in [1.54, 1.807) is 24.3 Å². The number of fused-ring (bicyclic) bond motifs is 1. The number of phosphoric ester groups is 1. The normalized spacial score (nSPS) is 12.4. The van der Waals surface area contributed by atoms with Crippen LogP contribution in [0.3, 0.4) is 0 Å². The summed E-state index contributed by atoms with van der Waals surface area (Å²) in [6.07, 6.45) is 3.13. The molecule has 1 aliphatic rings. The Balaban J connectivity index is 0.00000240. The Morgan fingerprint density at radius 2 is 1.42 bits per heavy atom. The minimum absolute atomic E-state index is 0. The predicted molar refractivity (Wildman–Crippen MR) is 103 cm³/mol. The van der Waals surface area contributed by atoms with Crippen molar-refractivity contribution in [3.8, 4) is 28.7 Å². The molecule has 0 N–H and O–H groups in total. The van der Waals surface area contributed by atoms with E-state index in [0.717, 1.165) is 16.7 Å². The summed E-state index contributed by atoms with van der Waals surface area (Å²) < 4.78 is 37.5. The SMILES string of the molecule is COc1cc(C2=CCCc3c2ccc(OC)c3OP(=O)([O-])[O-])cc(OC)c1OC.[Na+].[Na+]. The fourth-order valence-corrected chi connectivity index (χ4v) is 3.88. The Morgan fingerprint density at radius 1 is 0.839 bits per heavy atom. The first-order chi connectivity index (χ1) is 13.8. The Bertz CT molecular complexity index is 978. The third-order valence-electron chi connectivity index (χ3n) is 4.66. The van der Waals surface area contributed by atoms with Gasteiger partial charge in [0, 0.05) is 5.56 Å². The van der Waals surface area contributed by atoms with Crippen molar-refractivity contribution >= 4 is 13.4 Å². The van der Waals surface area contributed by atoms with Crippen LogP contribution in [0.2, 0.25) is 0 Å². The van der Waals surface area contributed by atoms with Gasteiger partial charge in [-0.2, -0.15) is 0 Å². The second-order valence-corrected chi connectivity index (χ2v) is 7.31. The van der Waals surface area contributed by atoms with Gasteiger partial charge in [-0.1, -0.05) is 12.1 Å². The number of ether oxygens (including phenoxy) is 4. The van der Waals surface area contributed by atoms with E-state index >= 15 is 0 Å². The monoisotopic (exact) mass is 466 g/mol. The fraction of sp³-hybridized carbons (Fsp3) is 0.300. The van der Waals surface area contributed by atoms with E-state index in [-0.39, 0.29) is 70.6 Å². The van der Waals surface area contributed by atoms with Gasteiger partial charge in [0.05, 0.1) is 28.4 Å². The maximum absolute atomic E-state index is 11.3. The van der Waals surface area contributed by atoms with Crippen LogP contribution in [0, 0.1) is 0 Å². The number of hydrogen-bond acceptors (Lipinski definition) is 8. The van der Waals surface area contributed by atoms with Gasteiger partial charge in [-0.15, -0.1) is 0 Å². The molecule has 0 atom stereocenters. The first-order valence-electron chi connectivity index (χ1n) is 8.75. The first kappa shape index (κ1) is 28.4. The zero-order valence-corrected chi connectivity index (χ0v) is 23.4. The van der Waals surface area contributed by atoms with Crippen LogP contribution in [0.4, 0.5) is 0 Å². The van der Waals surface area contributed by atoms with Crippen molar-refractivity contribution in [2.45, 2.75) is 12.8 Å². The number of hydrogen-bond donors (Lipinski definition) is 0. The molecule has 0 bridgehead atoms. The van der Waals surface area contributed by atoms with Crippen molar-refractivity contribution in [2.24, 2.45) is 0 Å². The van der Waals surface area contributed by atoms with E-state index in [1.807, 2.05) is 6.08 Å². The number of allylic oxidation sites excluding steroid dienone is 1. The van der Waals surface area contributed by atoms with Crippen molar-refractivity contribution in [3.05, 3.63) is 47.0 Å². The van der Waals surface area contributed by atoms with E-state index in [4.69, 9.17) is 23.5 Å². The maximum Gasteiger partial charge on any atom is 1.00 e. The summed E-state index contributed by atoms with van der Waals surface area (Å²) in [6, 6.07) is 6.98. The summed E-state index contributed by atoms with van der Waals surface area (Å²) in [7, 11) is 0.706. The molecule has 1 aliphatic carbocycles. The topological polar surface area (TPSA) is 109 Å². The molecule has 0 amide bonds. The smallest absolute Gasteiger partial charge is 0.780 e. The largest absolute Gasteiger partial charge is 1.00 e. The molecule has 0 aromatic heterocycles. The molecule has 156 valence electrons. The Labute approximate surface area is 225 Å². The van der Waals surface area contributed by atoms with Gasteiger partial charge >= 0.3 is 59.1 Å². The van der Waals surface area contributed by atoms with Crippen molar-refractivity contribution in [3.63, 3.8) is 0 Å². The Morgan fingerprint density at radius 3 is 1.90 bits per heavy atom. The molecule has 0 heterocycles. The number of methoxy groups -OCH3 is 4. The molecule has 0 saturated heterocycles. The zero-order chi connectivity index (χ0) is 21.2. The van der Waals surface area contributed by atoms with E-state index in [1.165, 1.54) is 28.4 Å². The predicted octanol–water partition coefficient (Wildman–Crippen LogP) is -3.69. The minimum atomic E-state index is -5.26. The third-order valence-corrected chi connectivity index (χ3v) is 5.06. The van der Waals surface area contributed by atoms with Gasteiger partial charge in [-0.25, -0.2) is 0 Å². The molecule has 0 fully saturated rings. The van der Waals surface area contributed by atoms with Crippen molar-refractivity contribution in [1.82, 2.24) is 0 Å². The summed E-state index contributed by atoms with van der Waals surface area (Å²) in [6.45, 7) is 0. The average molecular weight is 466 g/mol. The van der Waals surface area contributed by atoms with Crippen LogP contribution in [0.15, 0.2) is 30.3 Å². The van der Waals surface area contributed by atoms with Gasteiger partial charge in [0.2, 0.25) is 5.75 Å². The van der Waals surface area contributed by atoms with E-state index in [9.17, 15) is 14.4 Å². The summed E-state index contributed by atoms with van der Waals surface area (Å²) in [4.78, 5) is 22.6. The van der Waals surface area contributed by atoms with Crippen molar-refractivity contribution in [1.29, 1.82) is 0 Å². The second kappa shape index (κ2) is 12.0. The van der Waals surface area contributed by atoms with Crippen LogP contribution in [0.25, 0.3) is 5.57 Å².